The van der Waals surface area contributed by atoms with E-state index in [1.54, 1.807) is 7.11 Å². The molecule has 1 amide bonds. The number of hydrogen-bond acceptors (Lipinski definition) is 3. The molecule has 3 N–H and O–H groups in total. The Morgan fingerprint density at radius 1 is 1.40 bits per heavy atom. The van der Waals surface area contributed by atoms with Crippen LogP contribution in [0.3, 0.4) is 0 Å². The molecule has 4 aliphatic rings. The number of amides is 1. The fourth-order valence-electron chi connectivity index (χ4n) is 5.49. The van der Waals surface area contributed by atoms with Gasteiger partial charge in [-0.1, -0.05) is 25.8 Å². The lowest BCUT2D eigenvalue weighted by Gasteiger charge is -2.73. The Hall–Kier alpha value is -1.75. The molecule has 1 aromatic rings. The molecule has 3 fully saturated rings. The number of hydrogen-bond donors (Lipinski definition) is 3. The van der Waals surface area contributed by atoms with E-state index in [-0.39, 0.29) is 11.0 Å². The second kappa shape index (κ2) is 5.90. The molecule has 136 valence electrons. The molecule has 0 aromatic heterocycles. The minimum Gasteiger partial charge on any atom is -0.497 e. The minimum absolute atomic E-state index is 0.156. The van der Waals surface area contributed by atoms with E-state index in [1.165, 1.54) is 30.4 Å². The summed E-state index contributed by atoms with van der Waals surface area (Å²) >= 11 is 0. The Morgan fingerprint density at radius 2 is 2.16 bits per heavy atom. The average molecular weight is 344 g/mol. The van der Waals surface area contributed by atoms with Gasteiger partial charge in [0.25, 0.3) is 0 Å². The van der Waals surface area contributed by atoms with E-state index < -0.39 is 6.09 Å². The first kappa shape index (κ1) is 16.7. The number of rotatable bonds is 6. The normalized spacial score (nSPS) is 35.1. The molecule has 5 rings (SSSR count). The van der Waals surface area contributed by atoms with E-state index in [2.05, 4.69) is 35.8 Å². The van der Waals surface area contributed by atoms with Gasteiger partial charge >= 0.3 is 6.09 Å². The summed E-state index contributed by atoms with van der Waals surface area (Å²) in [7, 11) is 1.72. The predicted molar refractivity (Wildman–Crippen MR) is 96.1 cm³/mol. The van der Waals surface area contributed by atoms with Gasteiger partial charge in [-0.2, -0.15) is 0 Å². The Kier molecular flexibility index (Phi) is 3.95. The van der Waals surface area contributed by atoms with Crippen molar-refractivity contribution >= 4 is 6.09 Å². The Bertz CT molecular complexity index is 668. The van der Waals surface area contributed by atoms with Crippen molar-refractivity contribution in [1.29, 1.82) is 0 Å². The summed E-state index contributed by atoms with van der Waals surface area (Å²) in [4.78, 5) is 11.0. The molecule has 0 saturated heterocycles. The number of ether oxygens (including phenoxy) is 1. The second-order valence-corrected chi connectivity index (χ2v) is 8.31. The maximum Gasteiger partial charge on any atom is 0.405 e. The van der Waals surface area contributed by atoms with Gasteiger partial charge < -0.3 is 20.5 Å². The van der Waals surface area contributed by atoms with Gasteiger partial charge in [0.1, 0.15) is 5.75 Å². The van der Waals surface area contributed by atoms with Crippen molar-refractivity contribution in [2.75, 3.05) is 7.11 Å². The molecule has 2 bridgehead atoms. The van der Waals surface area contributed by atoms with E-state index in [4.69, 9.17) is 9.84 Å². The number of carboxylic acid groups (broad SMARTS) is 1. The van der Waals surface area contributed by atoms with Crippen molar-refractivity contribution in [3.05, 3.63) is 29.3 Å². The summed E-state index contributed by atoms with van der Waals surface area (Å²) in [5.74, 6) is 0.926. The van der Waals surface area contributed by atoms with Crippen LogP contribution in [-0.4, -0.2) is 29.9 Å². The summed E-state index contributed by atoms with van der Waals surface area (Å²) in [5, 5.41) is 15.7. The van der Waals surface area contributed by atoms with Crippen LogP contribution in [0.15, 0.2) is 18.2 Å². The third kappa shape index (κ3) is 2.69. The third-order valence-electron chi connectivity index (χ3n) is 6.49. The molecule has 3 saturated carbocycles. The molecule has 1 aromatic carbocycles. The van der Waals surface area contributed by atoms with Gasteiger partial charge in [0.05, 0.1) is 7.11 Å². The number of fused-ring (bicyclic) bond motifs is 1. The number of unbranched alkanes of at least 4 members (excludes halogenated alkanes) is 1. The molecule has 25 heavy (non-hydrogen) atoms. The van der Waals surface area contributed by atoms with E-state index in [0.717, 1.165) is 31.4 Å². The molecule has 5 nitrogen and oxygen atoms in total. The minimum atomic E-state index is -0.893. The Morgan fingerprint density at radius 3 is 2.80 bits per heavy atom. The van der Waals surface area contributed by atoms with Gasteiger partial charge in [-0.25, -0.2) is 4.79 Å². The molecule has 0 unspecified atom stereocenters. The van der Waals surface area contributed by atoms with Crippen molar-refractivity contribution in [2.45, 2.75) is 69.5 Å². The summed E-state index contributed by atoms with van der Waals surface area (Å²) in [6.45, 7) is 2.24. The lowest BCUT2D eigenvalue weighted by molar-refractivity contribution is -0.175. The number of carbonyl (C=O) groups is 1. The van der Waals surface area contributed by atoms with Gasteiger partial charge in [0.15, 0.2) is 0 Å². The molecule has 0 radical (unpaired) electrons. The SMILES string of the molecule is CCCC[C@H]1Cc2cc(OC)ccc2[C@H](C23CC(NC(=O)O)(C2)C3)N1. The second-order valence-electron chi connectivity index (χ2n) is 8.31. The number of nitrogens with one attached hydrogen (secondary N) is 2. The molecule has 1 heterocycles. The van der Waals surface area contributed by atoms with Crippen LogP contribution >= 0.6 is 0 Å². The van der Waals surface area contributed by atoms with E-state index in [9.17, 15) is 4.79 Å². The first-order chi connectivity index (χ1) is 12.0. The maximum absolute atomic E-state index is 11.0. The lowest BCUT2D eigenvalue weighted by atomic mass is 9.36. The van der Waals surface area contributed by atoms with E-state index >= 15 is 0 Å². The highest BCUT2D eigenvalue weighted by Gasteiger charge is 2.71. The van der Waals surface area contributed by atoms with Crippen LogP contribution in [0.4, 0.5) is 4.79 Å². The summed E-state index contributed by atoms with van der Waals surface area (Å²) in [6, 6.07) is 7.29. The first-order valence-corrected chi connectivity index (χ1v) is 9.43. The van der Waals surface area contributed by atoms with Gasteiger partial charge in [-0.05, 0) is 60.8 Å². The standard InChI is InChI=1S/C20H28N2O3/c1-3-4-5-14-8-13-9-15(25-2)6-7-16(13)17(21-14)19-10-20(11-19,12-19)22-18(23)24/h6-7,9,14,17,21-22H,3-5,8,10-12H2,1-2H3,(H,23,24)/t14-,17+,19?,20?/m0/s1. The van der Waals surface area contributed by atoms with E-state index in [0.29, 0.717) is 12.1 Å². The van der Waals surface area contributed by atoms with Crippen LogP contribution < -0.4 is 15.4 Å². The average Bonchev–Trinajstić information content (AvgIpc) is 2.53. The van der Waals surface area contributed by atoms with Crippen LogP contribution in [0.1, 0.15) is 62.6 Å². The van der Waals surface area contributed by atoms with Crippen molar-refractivity contribution in [3.63, 3.8) is 0 Å². The van der Waals surface area contributed by atoms with Crippen molar-refractivity contribution in [1.82, 2.24) is 10.6 Å². The van der Waals surface area contributed by atoms with Crippen LogP contribution in [0.25, 0.3) is 0 Å². The highest BCUT2D eigenvalue weighted by Crippen LogP contribution is 2.72. The number of benzene rings is 1. The smallest absolute Gasteiger partial charge is 0.405 e. The van der Waals surface area contributed by atoms with Gasteiger partial charge in [-0.15, -0.1) is 0 Å². The van der Waals surface area contributed by atoms with E-state index in [1.807, 2.05) is 0 Å². The Balaban J connectivity index is 1.57. The fraction of sp³-hybridized carbons (Fsp3) is 0.650. The maximum atomic E-state index is 11.0. The van der Waals surface area contributed by atoms with Gasteiger partial charge in [-0.3, -0.25) is 0 Å². The zero-order chi connectivity index (χ0) is 17.7. The molecule has 1 aliphatic heterocycles. The molecular formula is C20H28N2O3. The van der Waals surface area contributed by atoms with Gasteiger partial charge in [0, 0.05) is 17.6 Å². The quantitative estimate of drug-likeness (QED) is 0.737. The lowest BCUT2D eigenvalue weighted by Crippen LogP contribution is -2.77. The fourth-order valence-corrected chi connectivity index (χ4v) is 5.49. The number of methoxy groups -OCH3 is 1. The third-order valence-corrected chi connectivity index (χ3v) is 6.49. The van der Waals surface area contributed by atoms with Gasteiger partial charge in [0.2, 0.25) is 0 Å². The van der Waals surface area contributed by atoms with Crippen molar-refractivity contribution < 1.29 is 14.6 Å². The zero-order valence-electron chi connectivity index (χ0n) is 15.1. The molecule has 0 spiro atoms. The summed E-state index contributed by atoms with van der Waals surface area (Å²) < 4.78 is 5.43. The monoisotopic (exact) mass is 344 g/mol. The first-order valence-electron chi connectivity index (χ1n) is 9.43. The van der Waals surface area contributed by atoms with Crippen LogP contribution in [0.2, 0.25) is 0 Å². The van der Waals surface area contributed by atoms with Crippen LogP contribution in [0, 0.1) is 5.41 Å². The highest BCUT2D eigenvalue weighted by molar-refractivity contribution is 5.67. The van der Waals surface area contributed by atoms with Crippen LogP contribution in [0.5, 0.6) is 5.75 Å². The predicted octanol–water partition coefficient (Wildman–Crippen LogP) is 3.63. The van der Waals surface area contributed by atoms with Crippen LogP contribution in [-0.2, 0) is 6.42 Å². The molecule has 5 heteroatoms. The highest BCUT2D eigenvalue weighted by atomic mass is 16.5. The topological polar surface area (TPSA) is 70.6 Å². The zero-order valence-corrected chi connectivity index (χ0v) is 15.1. The Labute approximate surface area is 149 Å². The largest absolute Gasteiger partial charge is 0.497 e. The summed E-state index contributed by atoms with van der Waals surface area (Å²) in [6.07, 6.45) is 6.67. The molecule has 2 atom stereocenters. The molecular weight excluding hydrogens is 316 g/mol. The molecule has 3 aliphatic carbocycles. The van der Waals surface area contributed by atoms with Crippen molar-refractivity contribution in [2.24, 2.45) is 5.41 Å². The van der Waals surface area contributed by atoms with Crippen molar-refractivity contribution in [3.8, 4) is 5.75 Å². The summed E-state index contributed by atoms with van der Waals surface area (Å²) in [5.41, 5.74) is 2.85.